The van der Waals surface area contributed by atoms with E-state index in [1.54, 1.807) is 6.92 Å². The highest BCUT2D eigenvalue weighted by molar-refractivity contribution is 5.77. The topological polar surface area (TPSA) is 66.6 Å². The van der Waals surface area contributed by atoms with Crippen LogP contribution in [0.2, 0.25) is 0 Å². The number of hydrogen-bond donors (Lipinski definition) is 2. The predicted molar refractivity (Wildman–Crippen MR) is 73.5 cm³/mol. The minimum atomic E-state index is -1.08. The van der Waals surface area contributed by atoms with Crippen molar-refractivity contribution in [2.24, 2.45) is 11.7 Å². The van der Waals surface area contributed by atoms with Gasteiger partial charge in [-0.15, -0.1) is 0 Å². The summed E-state index contributed by atoms with van der Waals surface area (Å²) >= 11 is 0. The Hall–Kier alpha value is -0.610. The Morgan fingerprint density at radius 2 is 1.94 bits per heavy atom. The lowest BCUT2D eigenvalue weighted by Crippen LogP contribution is -2.45. The van der Waals surface area contributed by atoms with Crippen LogP contribution >= 0.6 is 0 Å². The maximum absolute atomic E-state index is 10.9. The fraction of sp³-hybridized carbons (Fsp3) is 0.929. The van der Waals surface area contributed by atoms with E-state index in [9.17, 15) is 4.79 Å². The van der Waals surface area contributed by atoms with E-state index in [2.05, 4.69) is 18.9 Å². The van der Waals surface area contributed by atoms with E-state index >= 15 is 0 Å². The van der Waals surface area contributed by atoms with Gasteiger partial charge in [-0.3, -0.25) is 4.79 Å². The number of hydrogen-bond acceptors (Lipinski definition) is 3. The molecule has 1 atom stereocenters. The average molecular weight is 256 g/mol. The third kappa shape index (κ3) is 4.58. The maximum Gasteiger partial charge on any atom is 0.323 e. The Kier molecular flexibility index (Phi) is 5.60. The summed E-state index contributed by atoms with van der Waals surface area (Å²) in [7, 11) is 2.15. The van der Waals surface area contributed by atoms with Crippen LogP contribution in [0, 0.1) is 5.92 Å². The van der Waals surface area contributed by atoms with Crippen LogP contribution in [-0.4, -0.2) is 41.1 Å². The van der Waals surface area contributed by atoms with Crippen molar-refractivity contribution in [3.63, 3.8) is 0 Å². The largest absolute Gasteiger partial charge is 0.480 e. The van der Waals surface area contributed by atoms with Crippen molar-refractivity contribution in [2.75, 3.05) is 13.6 Å². The number of carbonyl (C=O) groups is 1. The number of aliphatic carboxylic acids is 1. The fourth-order valence-electron chi connectivity index (χ4n) is 2.67. The van der Waals surface area contributed by atoms with E-state index in [-0.39, 0.29) is 0 Å². The summed E-state index contributed by atoms with van der Waals surface area (Å²) in [6, 6.07) is 0.676. The first-order valence-electron chi connectivity index (χ1n) is 7.05. The zero-order chi connectivity index (χ0) is 13.8. The molecule has 0 spiro atoms. The van der Waals surface area contributed by atoms with Gasteiger partial charge in [-0.1, -0.05) is 6.92 Å². The normalized spacial score (nSPS) is 28.1. The molecule has 1 aliphatic carbocycles. The van der Waals surface area contributed by atoms with Gasteiger partial charge in [0, 0.05) is 6.04 Å². The van der Waals surface area contributed by atoms with Gasteiger partial charge in [0.1, 0.15) is 5.54 Å². The first kappa shape index (κ1) is 15.4. The van der Waals surface area contributed by atoms with Crippen LogP contribution in [0.1, 0.15) is 52.4 Å². The van der Waals surface area contributed by atoms with Gasteiger partial charge in [-0.25, -0.2) is 0 Å². The van der Waals surface area contributed by atoms with Gasteiger partial charge in [0.2, 0.25) is 0 Å². The first-order chi connectivity index (χ1) is 8.33. The maximum atomic E-state index is 10.9. The Labute approximate surface area is 111 Å². The van der Waals surface area contributed by atoms with Gasteiger partial charge in [0.15, 0.2) is 0 Å². The molecule has 4 heteroatoms. The molecule has 0 aliphatic heterocycles. The van der Waals surface area contributed by atoms with E-state index in [0.717, 1.165) is 18.9 Å². The van der Waals surface area contributed by atoms with Gasteiger partial charge >= 0.3 is 5.97 Å². The summed E-state index contributed by atoms with van der Waals surface area (Å²) in [4.78, 5) is 13.3. The van der Waals surface area contributed by atoms with Crippen molar-refractivity contribution in [1.29, 1.82) is 0 Å². The van der Waals surface area contributed by atoms with Crippen molar-refractivity contribution < 1.29 is 9.90 Å². The number of carboxylic acid groups (broad SMARTS) is 1. The molecule has 0 aromatic carbocycles. The van der Waals surface area contributed by atoms with Gasteiger partial charge in [0.25, 0.3) is 0 Å². The fourth-order valence-corrected chi connectivity index (χ4v) is 2.67. The molecular formula is C14H28N2O2. The SMILES string of the molecule is CC1CCC(N(C)CCCC(C)(N)C(=O)O)CC1. The molecule has 1 unspecified atom stereocenters. The number of rotatable bonds is 6. The first-order valence-corrected chi connectivity index (χ1v) is 7.05. The molecule has 1 saturated carbocycles. The van der Waals surface area contributed by atoms with Gasteiger partial charge in [-0.05, 0) is 65.0 Å². The average Bonchev–Trinajstić information content (AvgIpc) is 2.29. The molecule has 0 amide bonds. The molecule has 4 nitrogen and oxygen atoms in total. The molecule has 0 radical (unpaired) electrons. The second-order valence-corrected chi connectivity index (χ2v) is 6.22. The second-order valence-electron chi connectivity index (χ2n) is 6.22. The Morgan fingerprint density at radius 3 is 2.44 bits per heavy atom. The van der Waals surface area contributed by atoms with E-state index in [0.29, 0.717) is 12.5 Å². The minimum Gasteiger partial charge on any atom is -0.480 e. The van der Waals surface area contributed by atoms with Crippen LogP contribution in [0.15, 0.2) is 0 Å². The molecule has 106 valence electrons. The molecule has 0 saturated heterocycles. The summed E-state index contributed by atoms with van der Waals surface area (Å²) in [5, 5.41) is 8.95. The van der Waals surface area contributed by atoms with E-state index in [4.69, 9.17) is 10.8 Å². The molecule has 18 heavy (non-hydrogen) atoms. The number of nitrogens with zero attached hydrogens (tertiary/aromatic N) is 1. The smallest absolute Gasteiger partial charge is 0.323 e. The lowest BCUT2D eigenvalue weighted by Gasteiger charge is -2.34. The molecule has 0 bridgehead atoms. The van der Waals surface area contributed by atoms with Crippen LogP contribution < -0.4 is 5.73 Å². The minimum absolute atomic E-state index is 0.537. The molecule has 0 aromatic heterocycles. The second kappa shape index (κ2) is 6.53. The lowest BCUT2D eigenvalue weighted by atomic mass is 9.86. The molecule has 0 aromatic rings. The van der Waals surface area contributed by atoms with Crippen LogP contribution in [0.4, 0.5) is 0 Å². The van der Waals surface area contributed by atoms with Gasteiger partial charge in [-0.2, -0.15) is 0 Å². The van der Waals surface area contributed by atoms with Crippen molar-refractivity contribution in [2.45, 2.75) is 64.0 Å². The van der Waals surface area contributed by atoms with Crippen molar-refractivity contribution >= 4 is 5.97 Å². The summed E-state index contributed by atoms with van der Waals surface area (Å²) in [6.07, 6.45) is 6.57. The lowest BCUT2D eigenvalue weighted by molar-refractivity contribution is -0.142. The summed E-state index contributed by atoms with van der Waals surface area (Å²) in [5.74, 6) is -0.0364. The highest BCUT2D eigenvalue weighted by atomic mass is 16.4. The van der Waals surface area contributed by atoms with E-state index in [1.165, 1.54) is 25.7 Å². The summed E-state index contributed by atoms with van der Waals surface area (Å²) < 4.78 is 0. The molecule has 1 fully saturated rings. The monoisotopic (exact) mass is 256 g/mol. The predicted octanol–water partition coefficient (Wildman–Crippen LogP) is 2.08. The third-order valence-electron chi connectivity index (χ3n) is 4.30. The van der Waals surface area contributed by atoms with Crippen LogP contribution in [0.5, 0.6) is 0 Å². The van der Waals surface area contributed by atoms with Crippen LogP contribution in [0.25, 0.3) is 0 Å². The van der Waals surface area contributed by atoms with Crippen LogP contribution in [0.3, 0.4) is 0 Å². The molecule has 1 aliphatic rings. The standard InChI is InChI=1S/C14H28N2O2/c1-11-5-7-12(8-6-11)16(3)10-4-9-14(2,15)13(17)18/h11-12H,4-10,15H2,1-3H3,(H,17,18). The van der Waals surface area contributed by atoms with Gasteiger partial charge in [0.05, 0.1) is 0 Å². The number of carboxylic acids is 1. The highest BCUT2D eigenvalue weighted by Crippen LogP contribution is 2.26. The number of nitrogens with two attached hydrogens (primary N) is 1. The quantitative estimate of drug-likeness (QED) is 0.763. The van der Waals surface area contributed by atoms with Crippen molar-refractivity contribution in [3.8, 4) is 0 Å². The van der Waals surface area contributed by atoms with Gasteiger partial charge < -0.3 is 15.7 Å². The van der Waals surface area contributed by atoms with Crippen molar-refractivity contribution in [1.82, 2.24) is 4.90 Å². The van der Waals surface area contributed by atoms with E-state index in [1.807, 2.05) is 0 Å². The Balaban J connectivity index is 2.25. The Bertz CT molecular complexity index is 271. The molecular weight excluding hydrogens is 228 g/mol. The van der Waals surface area contributed by atoms with Crippen LogP contribution in [-0.2, 0) is 4.79 Å². The zero-order valence-corrected chi connectivity index (χ0v) is 12.0. The summed E-state index contributed by atoms with van der Waals surface area (Å²) in [6.45, 7) is 4.86. The molecule has 3 N–H and O–H groups in total. The highest BCUT2D eigenvalue weighted by Gasteiger charge is 2.28. The van der Waals surface area contributed by atoms with Crippen molar-refractivity contribution in [3.05, 3.63) is 0 Å². The third-order valence-corrected chi connectivity index (χ3v) is 4.30. The zero-order valence-electron chi connectivity index (χ0n) is 12.0. The van der Waals surface area contributed by atoms with E-state index < -0.39 is 11.5 Å². The molecule has 1 rings (SSSR count). The molecule has 0 heterocycles. The Morgan fingerprint density at radius 1 is 1.39 bits per heavy atom. The summed E-state index contributed by atoms with van der Waals surface area (Å²) in [5.41, 5.74) is 4.64.